The van der Waals surface area contributed by atoms with Crippen LogP contribution in [0.3, 0.4) is 0 Å². The Balaban J connectivity index is 3.09. The van der Waals surface area contributed by atoms with Gasteiger partial charge in [-0.05, 0) is 33.1 Å². The first-order valence-corrected chi connectivity index (χ1v) is 5.13. The molecule has 0 atom stereocenters. The Kier molecular flexibility index (Phi) is 6.35. The molecule has 0 aromatic heterocycles. The molecular weight excluding hydrogens is 164 g/mol. The highest BCUT2D eigenvalue weighted by atomic mass is 16.5. The molecule has 0 aliphatic rings. The first-order chi connectivity index (χ1) is 5.92. The smallest absolute Gasteiger partial charge is 0.0707 e. The minimum Gasteiger partial charge on any atom is -0.379 e. The van der Waals surface area contributed by atoms with Gasteiger partial charge in [0, 0.05) is 6.61 Å². The number of hydrogen-bond donors (Lipinski definition) is 0. The molecule has 0 saturated heterocycles. The van der Waals surface area contributed by atoms with Crippen molar-refractivity contribution >= 4 is 0 Å². The van der Waals surface area contributed by atoms with Crippen LogP contribution in [0, 0.1) is 5.92 Å². The fourth-order valence-corrected chi connectivity index (χ4v) is 0.828. The van der Waals surface area contributed by atoms with Gasteiger partial charge in [0.25, 0.3) is 0 Å². The summed E-state index contributed by atoms with van der Waals surface area (Å²) in [5.74, 6) is 0.725. The van der Waals surface area contributed by atoms with Crippen molar-refractivity contribution < 1.29 is 9.47 Å². The third kappa shape index (κ3) is 11.9. The molecule has 2 heteroatoms. The van der Waals surface area contributed by atoms with Crippen molar-refractivity contribution in [3.8, 4) is 0 Å². The summed E-state index contributed by atoms with van der Waals surface area (Å²) < 4.78 is 10.9. The highest BCUT2D eigenvalue weighted by molar-refractivity contribution is 4.57. The van der Waals surface area contributed by atoms with E-state index in [9.17, 15) is 0 Å². The van der Waals surface area contributed by atoms with E-state index in [0.717, 1.165) is 18.9 Å². The maximum atomic E-state index is 5.51. The van der Waals surface area contributed by atoms with Gasteiger partial charge in [0.15, 0.2) is 0 Å². The van der Waals surface area contributed by atoms with Crippen LogP contribution in [0.15, 0.2) is 0 Å². The van der Waals surface area contributed by atoms with Crippen LogP contribution < -0.4 is 0 Å². The third-order valence-electron chi connectivity index (χ3n) is 1.60. The quantitative estimate of drug-likeness (QED) is 0.597. The number of ether oxygens (including phenoxy) is 2. The predicted molar refractivity (Wildman–Crippen MR) is 56.0 cm³/mol. The fourth-order valence-electron chi connectivity index (χ4n) is 0.828. The van der Waals surface area contributed by atoms with Crippen LogP contribution in [0.5, 0.6) is 0 Å². The van der Waals surface area contributed by atoms with E-state index >= 15 is 0 Å². The van der Waals surface area contributed by atoms with Gasteiger partial charge in [-0.3, -0.25) is 0 Å². The number of hydrogen-bond acceptors (Lipinski definition) is 2. The van der Waals surface area contributed by atoms with Gasteiger partial charge >= 0.3 is 0 Å². The second-order valence-electron chi connectivity index (χ2n) is 4.76. The van der Waals surface area contributed by atoms with E-state index in [-0.39, 0.29) is 5.60 Å². The van der Waals surface area contributed by atoms with Crippen LogP contribution >= 0.6 is 0 Å². The van der Waals surface area contributed by atoms with Gasteiger partial charge in [0.1, 0.15) is 0 Å². The molecule has 0 aromatic rings. The first-order valence-electron chi connectivity index (χ1n) is 5.13. The zero-order valence-electron chi connectivity index (χ0n) is 9.72. The van der Waals surface area contributed by atoms with Crippen LogP contribution in [0.2, 0.25) is 0 Å². The van der Waals surface area contributed by atoms with Crippen LogP contribution in [-0.2, 0) is 9.47 Å². The first kappa shape index (κ1) is 12.9. The molecule has 0 aliphatic carbocycles. The maximum absolute atomic E-state index is 5.51. The summed E-state index contributed by atoms with van der Waals surface area (Å²) in [6.07, 6.45) is 1.13. The summed E-state index contributed by atoms with van der Waals surface area (Å²) in [5, 5.41) is 0. The van der Waals surface area contributed by atoms with Crippen molar-refractivity contribution in [1.29, 1.82) is 0 Å². The normalized spacial score (nSPS) is 12.5. The minimum absolute atomic E-state index is 0.0403. The SMILES string of the molecule is CC(C)CCOCCOC(C)(C)C. The molecule has 80 valence electrons. The largest absolute Gasteiger partial charge is 0.379 e. The lowest BCUT2D eigenvalue weighted by molar-refractivity contribution is -0.0358. The molecule has 0 unspecified atom stereocenters. The van der Waals surface area contributed by atoms with E-state index in [1.54, 1.807) is 0 Å². The van der Waals surface area contributed by atoms with E-state index in [0.29, 0.717) is 13.2 Å². The van der Waals surface area contributed by atoms with E-state index in [1.165, 1.54) is 0 Å². The molecule has 0 spiro atoms. The molecular formula is C11H24O2. The van der Waals surface area contributed by atoms with E-state index in [2.05, 4.69) is 34.6 Å². The Morgan fingerprint density at radius 1 is 1.00 bits per heavy atom. The minimum atomic E-state index is -0.0403. The van der Waals surface area contributed by atoms with Crippen molar-refractivity contribution in [3.63, 3.8) is 0 Å². The highest BCUT2D eigenvalue weighted by Gasteiger charge is 2.08. The van der Waals surface area contributed by atoms with Gasteiger partial charge in [0.2, 0.25) is 0 Å². The zero-order chi connectivity index (χ0) is 10.3. The van der Waals surface area contributed by atoms with E-state index < -0.39 is 0 Å². The standard InChI is InChI=1S/C11H24O2/c1-10(2)6-7-12-8-9-13-11(3,4)5/h10H,6-9H2,1-5H3. The van der Waals surface area contributed by atoms with Crippen LogP contribution in [0.4, 0.5) is 0 Å². The molecule has 0 fully saturated rings. The van der Waals surface area contributed by atoms with Crippen molar-refractivity contribution in [3.05, 3.63) is 0 Å². The maximum Gasteiger partial charge on any atom is 0.0707 e. The highest BCUT2D eigenvalue weighted by Crippen LogP contribution is 2.05. The Morgan fingerprint density at radius 2 is 1.62 bits per heavy atom. The molecule has 0 aliphatic heterocycles. The zero-order valence-corrected chi connectivity index (χ0v) is 9.72. The average Bonchev–Trinajstić information content (AvgIpc) is 1.93. The monoisotopic (exact) mass is 188 g/mol. The molecule has 0 heterocycles. The van der Waals surface area contributed by atoms with Crippen LogP contribution in [0.1, 0.15) is 41.0 Å². The lowest BCUT2D eigenvalue weighted by Crippen LogP contribution is -2.22. The summed E-state index contributed by atoms with van der Waals surface area (Å²) in [7, 11) is 0. The van der Waals surface area contributed by atoms with Gasteiger partial charge in [-0.1, -0.05) is 13.8 Å². The van der Waals surface area contributed by atoms with Crippen LogP contribution in [-0.4, -0.2) is 25.4 Å². The van der Waals surface area contributed by atoms with Crippen LogP contribution in [0.25, 0.3) is 0 Å². The van der Waals surface area contributed by atoms with Crippen molar-refractivity contribution in [2.24, 2.45) is 5.92 Å². The molecule has 0 aromatic carbocycles. The molecule has 2 nitrogen and oxygen atoms in total. The molecule has 0 N–H and O–H groups in total. The summed E-state index contributed by atoms with van der Waals surface area (Å²) in [4.78, 5) is 0. The van der Waals surface area contributed by atoms with Crippen molar-refractivity contribution in [2.75, 3.05) is 19.8 Å². The topological polar surface area (TPSA) is 18.5 Å². The lowest BCUT2D eigenvalue weighted by Gasteiger charge is -2.19. The van der Waals surface area contributed by atoms with Crippen molar-refractivity contribution in [1.82, 2.24) is 0 Å². The van der Waals surface area contributed by atoms with Gasteiger partial charge in [-0.2, -0.15) is 0 Å². The predicted octanol–water partition coefficient (Wildman–Crippen LogP) is 2.86. The van der Waals surface area contributed by atoms with Gasteiger partial charge in [0.05, 0.1) is 18.8 Å². The Labute approximate surface area is 82.6 Å². The molecule has 0 amide bonds. The second-order valence-corrected chi connectivity index (χ2v) is 4.76. The number of rotatable bonds is 6. The summed E-state index contributed by atoms with van der Waals surface area (Å²) >= 11 is 0. The molecule has 0 saturated carbocycles. The molecule has 0 radical (unpaired) electrons. The van der Waals surface area contributed by atoms with E-state index in [1.807, 2.05) is 0 Å². The Bertz CT molecular complexity index is 114. The summed E-state index contributed by atoms with van der Waals surface area (Å²) in [6.45, 7) is 12.8. The lowest BCUT2D eigenvalue weighted by atomic mass is 10.1. The third-order valence-corrected chi connectivity index (χ3v) is 1.60. The second kappa shape index (κ2) is 6.39. The van der Waals surface area contributed by atoms with Crippen molar-refractivity contribution in [2.45, 2.75) is 46.6 Å². The van der Waals surface area contributed by atoms with Gasteiger partial charge in [-0.25, -0.2) is 0 Å². The fraction of sp³-hybridized carbons (Fsp3) is 1.00. The Morgan fingerprint density at radius 3 is 2.08 bits per heavy atom. The molecule has 0 bridgehead atoms. The molecule has 0 rings (SSSR count). The Hall–Kier alpha value is -0.0800. The summed E-state index contributed by atoms with van der Waals surface area (Å²) in [6, 6.07) is 0. The van der Waals surface area contributed by atoms with Gasteiger partial charge in [-0.15, -0.1) is 0 Å². The average molecular weight is 188 g/mol. The molecule has 13 heavy (non-hydrogen) atoms. The summed E-state index contributed by atoms with van der Waals surface area (Å²) in [5.41, 5.74) is -0.0403. The van der Waals surface area contributed by atoms with E-state index in [4.69, 9.17) is 9.47 Å². The van der Waals surface area contributed by atoms with Gasteiger partial charge < -0.3 is 9.47 Å².